The number of carbonyl (C=O) groups is 1. The molecule has 0 radical (unpaired) electrons. The summed E-state index contributed by atoms with van der Waals surface area (Å²) in [5.74, 6) is -1.58. The number of aliphatic hydroxyl groups excluding tert-OH is 4. The average molecular weight is 739 g/mol. The number of isocyanates is 1. The number of nitrogens with one attached hydrogen (secondary N) is 1. The maximum atomic E-state index is 13.2. The molecule has 0 spiro atoms. The fourth-order valence-electron chi connectivity index (χ4n) is 7.42. The van der Waals surface area contributed by atoms with Gasteiger partial charge in [0.2, 0.25) is 6.08 Å². The van der Waals surface area contributed by atoms with Gasteiger partial charge in [-0.25, -0.2) is 9.59 Å². The molecular formula is C40H54N2O11. The van der Waals surface area contributed by atoms with Gasteiger partial charge >= 0.3 is 6.09 Å². The first-order valence-electron chi connectivity index (χ1n) is 18.4. The topological polar surface area (TPSA) is 186 Å². The molecule has 0 bridgehead atoms. The highest BCUT2D eigenvalue weighted by Gasteiger charge is 2.50. The maximum Gasteiger partial charge on any atom is 0.407 e. The number of rotatable bonds is 14. The molecule has 290 valence electrons. The molecule has 0 saturated carbocycles. The Labute approximate surface area is 311 Å². The Balaban J connectivity index is 1.30. The molecule has 5 rings (SSSR count). The van der Waals surface area contributed by atoms with Crippen molar-refractivity contribution in [1.29, 1.82) is 0 Å². The zero-order valence-electron chi connectivity index (χ0n) is 31.2. The Hall–Kier alpha value is -3.49. The van der Waals surface area contributed by atoms with E-state index < -0.39 is 73.0 Å². The lowest BCUT2D eigenvalue weighted by molar-refractivity contribution is -0.310. The van der Waals surface area contributed by atoms with E-state index in [-0.39, 0.29) is 43.6 Å². The van der Waals surface area contributed by atoms with E-state index in [0.29, 0.717) is 0 Å². The third-order valence-electron chi connectivity index (χ3n) is 10.5. The van der Waals surface area contributed by atoms with Gasteiger partial charge in [0.15, 0.2) is 12.1 Å². The molecule has 1 amide bonds. The Morgan fingerprint density at radius 3 is 2.26 bits per heavy atom. The zero-order valence-corrected chi connectivity index (χ0v) is 31.2. The van der Waals surface area contributed by atoms with Gasteiger partial charge in [0, 0.05) is 32.3 Å². The molecule has 5 N–H and O–H groups in total. The van der Waals surface area contributed by atoms with Crippen LogP contribution in [0, 0.1) is 11.8 Å². The molecule has 3 aliphatic rings. The number of benzene rings is 2. The van der Waals surface area contributed by atoms with Crippen LogP contribution in [-0.2, 0) is 28.5 Å². The van der Waals surface area contributed by atoms with Crippen LogP contribution in [0.2, 0.25) is 0 Å². The lowest BCUT2D eigenvalue weighted by Crippen LogP contribution is -2.64. The Kier molecular flexibility index (Phi) is 13.6. The minimum Gasteiger partial charge on any atom is -0.449 e. The number of alkyl carbamates (subject to hydrolysis) is 1. The number of hydrogen-bond donors (Lipinski definition) is 5. The molecule has 13 nitrogen and oxygen atoms in total. The van der Waals surface area contributed by atoms with Gasteiger partial charge in [0.25, 0.3) is 0 Å². The zero-order chi connectivity index (χ0) is 38.4. The number of carbonyl (C=O) groups excluding carboxylic acids is 2. The van der Waals surface area contributed by atoms with Crippen LogP contribution in [0.25, 0.3) is 11.1 Å². The molecule has 6 unspecified atom stereocenters. The number of hydrogen-bond acceptors (Lipinski definition) is 12. The molecule has 2 aromatic carbocycles. The Morgan fingerprint density at radius 1 is 1.04 bits per heavy atom. The Morgan fingerprint density at radius 2 is 1.68 bits per heavy atom. The number of nitrogens with zero attached hydrogens (tertiary/aromatic N) is 1. The fourth-order valence-corrected chi connectivity index (χ4v) is 7.42. The average Bonchev–Trinajstić information content (AvgIpc) is 3.45. The summed E-state index contributed by atoms with van der Waals surface area (Å²) >= 11 is 0. The molecule has 11 atom stereocenters. The quantitative estimate of drug-likeness (QED) is 0.107. The summed E-state index contributed by atoms with van der Waals surface area (Å²) in [6.07, 6.45) is -4.39. The van der Waals surface area contributed by atoms with Crippen LogP contribution < -0.4 is 5.32 Å². The summed E-state index contributed by atoms with van der Waals surface area (Å²) in [5, 5.41) is 47.1. The molecule has 53 heavy (non-hydrogen) atoms. The summed E-state index contributed by atoms with van der Waals surface area (Å²) < 4.78 is 30.1. The predicted molar refractivity (Wildman–Crippen MR) is 194 cm³/mol. The van der Waals surface area contributed by atoms with E-state index >= 15 is 0 Å². The standard InChI is InChI=1S/C40H54N2O11/c1-22(2)15-16-25(17-33-34(41-21-43)32(45)19-40(49-6,53-33)18-31(44)23(3)4)52-38-37(47)35(36(46)24(5)51-38)42-39(48)50-20-30-28-13-9-7-11-26(28)27-12-8-10-14-29(27)30/h7-16,22-25,30-38,44-47H,17-20H2,1-6H3,(H,42,48)/b16-15+/t24?,25?,31-,32+,33+,34-,35?,36?,37?,38?,40-/m1/s1. The minimum absolute atomic E-state index is 0.0208. The normalized spacial score (nSPS) is 31.2. The predicted octanol–water partition coefficient (Wildman–Crippen LogP) is 3.95. The number of aliphatic imine (C=N–C) groups is 1. The molecule has 2 heterocycles. The fraction of sp³-hybridized carbons (Fsp3) is 0.600. The van der Waals surface area contributed by atoms with Gasteiger partial charge < -0.3 is 49.4 Å². The van der Waals surface area contributed by atoms with E-state index in [1.165, 1.54) is 13.2 Å². The second kappa shape index (κ2) is 17.8. The molecular weight excluding hydrogens is 684 g/mol. The number of aliphatic hydroxyl groups is 4. The SMILES string of the molecule is CO[C@@]1(C[C@@H](O)C(C)C)C[C@H](O)[C@@H](N=C=O)[C@H](CC(/C=C/C(C)C)OC2OC(C)C(O)C(NC(=O)OCC3c4ccccc4-c4ccccc43)C2O)O1. The Bertz CT molecular complexity index is 1570. The van der Waals surface area contributed by atoms with Crippen LogP contribution in [0.1, 0.15) is 70.9 Å². The number of methoxy groups -OCH3 is 1. The van der Waals surface area contributed by atoms with Gasteiger partial charge in [-0.2, -0.15) is 4.99 Å². The van der Waals surface area contributed by atoms with Crippen molar-refractivity contribution in [3.8, 4) is 11.1 Å². The molecule has 1 aliphatic carbocycles. The molecule has 13 heteroatoms. The number of allylic oxidation sites excluding steroid dienone is 1. The van der Waals surface area contributed by atoms with Crippen molar-refractivity contribution >= 4 is 12.2 Å². The van der Waals surface area contributed by atoms with Crippen LogP contribution >= 0.6 is 0 Å². The summed E-state index contributed by atoms with van der Waals surface area (Å²) in [6, 6.07) is 13.7. The van der Waals surface area contributed by atoms with Crippen molar-refractivity contribution in [3.05, 3.63) is 71.8 Å². The van der Waals surface area contributed by atoms with Crippen molar-refractivity contribution < 1.29 is 53.7 Å². The highest BCUT2D eigenvalue weighted by molar-refractivity contribution is 5.79. The van der Waals surface area contributed by atoms with Crippen LogP contribution in [0.5, 0.6) is 0 Å². The van der Waals surface area contributed by atoms with Gasteiger partial charge in [-0.05, 0) is 41.0 Å². The molecule has 2 aromatic rings. The second-order valence-corrected chi connectivity index (χ2v) is 15.0. The second-order valence-electron chi connectivity index (χ2n) is 15.0. The number of amides is 1. The van der Waals surface area contributed by atoms with E-state index in [0.717, 1.165) is 22.3 Å². The van der Waals surface area contributed by atoms with E-state index in [1.54, 1.807) is 13.0 Å². The number of fused-ring (bicyclic) bond motifs is 3. The van der Waals surface area contributed by atoms with Crippen molar-refractivity contribution in [1.82, 2.24) is 5.32 Å². The van der Waals surface area contributed by atoms with Crippen molar-refractivity contribution in [2.45, 2.75) is 127 Å². The smallest absolute Gasteiger partial charge is 0.407 e. The van der Waals surface area contributed by atoms with Crippen LogP contribution in [0.4, 0.5) is 4.79 Å². The van der Waals surface area contributed by atoms with Gasteiger partial charge in [-0.15, -0.1) is 0 Å². The van der Waals surface area contributed by atoms with Crippen molar-refractivity contribution in [3.63, 3.8) is 0 Å². The van der Waals surface area contributed by atoms with Crippen LogP contribution in [0.15, 0.2) is 65.7 Å². The summed E-state index contributed by atoms with van der Waals surface area (Å²) in [4.78, 5) is 28.5. The number of ether oxygens (including phenoxy) is 5. The van der Waals surface area contributed by atoms with E-state index in [9.17, 15) is 30.0 Å². The summed E-state index contributed by atoms with van der Waals surface area (Å²) in [6.45, 7) is 9.29. The lowest BCUT2D eigenvalue weighted by atomic mass is 9.86. The highest BCUT2D eigenvalue weighted by atomic mass is 16.7. The maximum absolute atomic E-state index is 13.2. The minimum atomic E-state index is -1.53. The molecule has 0 aromatic heterocycles. The molecule has 2 aliphatic heterocycles. The van der Waals surface area contributed by atoms with Gasteiger partial charge in [-0.3, -0.25) is 0 Å². The van der Waals surface area contributed by atoms with Crippen molar-refractivity contribution in [2.24, 2.45) is 16.8 Å². The first-order chi connectivity index (χ1) is 25.3. The van der Waals surface area contributed by atoms with Crippen molar-refractivity contribution in [2.75, 3.05) is 13.7 Å². The monoisotopic (exact) mass is 738 g/mol. The lowest BCUT2D eigenvalue weighted by Gasteiger charge is -2.47. The first-order valence-corrected chi connectivity index (χ1v) is 18.4. The van der Waals surface area contributed by atoms with E-state index in [2.05, 4.69) is 10.3 Å². The third-order valence-corrected chi connectivity index (χ3v) is 10.5. The van der Waals surface area contributed by atoms with E-state index in [1.807, 2.05) is 82.3 Å². The van der Waals surface area contributed by atoms with Gasteiger partial charge in [-0.1, -0.05) is 88.4 Å². The summed E-state index contributed by atoms with van der Waals surface area (Å²) in [5.41, 5.74) is 4.26. The van der Waals surface area contributed by atoms with Gasteiger partial charge in [0.1, 0.15) is 24.9 Å². The van der Waals surface area contributed by atoms with E-state index in [4.69, 9.17) is 23.7 Å². The highest BCUT2D eigenvalue weighted by Crippen LogP contribution is 2.44. The largest absolute Gasteiger partial charge is 0.449 e. The molecule has 2 fully saturated rings. The third kappa shape index (κ3) is 9.43. The molecule has 2 saturated heterocycles. The van der Waals surface area contributed by atoms with Crippen LogP contribution in [-0.4, -0.2) is 113 Å². The summed E-state index contributed by atoms with van der Waals surface area (Å²) in [7, 11) is 1.43. The van der Waals surface area contributed by atoms with Crippen LogP contribution in [0.3, 0.4) is 0 Å². The first kappa shape index (κ1) is 40.7. The van der Waals surface area contributed by atoms with Gasteiger partial charge in [0.05, 0.1) is 36.6 Å².